The fourth-order valence-electron chi connectivity index (χ4n) is 12.0. The Hall–Kier alpha value is -1.63. The summed E-state index contributed by atoms with van der Waals surface area (Å²) in [4.78, 5) is 12.9. The van der Waals surface area contributed by atoms with E-state index in [-0.39, 0.29) is 45.7 Å². The molecule has 7 rings (SSSR count). The number of aliphatic carboxylic acids is 1. The smallest absolute Gasteiger partial charge is 0.310 e. The van der Waals surface area contributed by atoms with Crippen molar-refractivity contribution < 1.29 is 28.9 Å². The number of hydrogen-bond acceptors (Lipinski definition) is 5. The van der Waals surface area contributed by atoms with Crippen molar-refractivity contribution in [1.29, 1.82) is 0 Å². The zero-order valence-corrected chi connectivity index (χ0v) is 26.6. The molecule has 1 aliphatic heterocycles. The van der Waals surface area contributed by atoms with E-state index in [0.717, 1.165) is 57.8 Å². The summed E-state index contributed by atoms with van der Waals surface area (Å²) in [6, 6.07) is 3.66. The van der Waals surface area contributed by atoms with E-state index in [1.165, 1.54) is 12.0 Å². The Morgan fingerprint density at radius 2 is 1.69 bits per heavy atom. The Kier molecular flexibility index (Phi) is 6.38. The van der Waals surface area contributed by atoms with Gasteiger partial charge in [0.2, 0.25) is 6.29 Å². The molecule has 0 bridgehead atoms. The second-order valence-electron chi connectivity index (χ2n) is 17.0. The number of rotatable bonds is 3. The first kappa shape index (κ1) is 29.1. The van der Waals surface area contributed by atoms with E-state index >= 15 is 0 Å². The van der Waals surface area contributed by atoms with Gasteiger partial charge in [0.05, 0.1) is 18.1 Å². The first-order chi connectivity index (χ1) is 19.7. The molecule has 4 saturated carbocycles. The number of aliphatic hydroxyl groups is 1. The molecule has 1 aromatic heterocycles. The van der Waals surface area contributed by atoms with E-state index < -0.39 is 17.7 Å². The van der Waals surface area contributed by atoms with Gasteiger partial charge in [-0.05, 0) is 116 Å². The Morgan fingerprint density at radius 3 is 2.40 bits per heavy atom. The molecular weight excluding hydrogens is 528 g/mol. The van der Waals surface area contributed by atoms with E-state index in [9.17, 15) is 15.0 Å². The lowest BCUT2D eigenvalue weighted by Gasteiger charge is -2.71. The third kappa shape index (κ3) is 3.70. The number of carboxylic acid groups (broad SMARTS) is 1. The molecule has 0 unspecified atom stereocenters. The lowest BCUT2D eigenvalue weighted by molar-refractivity contribution is -0.321. The Bertz CT molecular complexity index is 1300. The number of carboxylic acids is 1. The standard InChI is InChI=1S/C36H52O6/c1-31(2)15-17-36(30(38)39)18-16-34(5)23(24(36)19-31)8-10-27-32(3)13-12-28-33(4,26(32)11-14-35(27,34)6)21-40-29(42-28)25-9-7-22(20-37)41-25/h7-9,24,26-29,37H,10-21H2,1-6H3,(H,38,39)/t24-,26+,27+,28-,29+,32-,33-,34+,35+,36-/m0/s1. The Labute approximate surface area is 251 Å². The van der Waals surface area contributed by atoms with Crippen LogP contribution in [0.25, 0.3) is 0 Å². The van der Waals surface area contributed by atoms with Crippen LogP contribution in [0.4, 0.5) is 0 Å². The van der Waals surface area contributed by atoms with Gasteiger partial charge >= 0.3 is 5.97 Å². The summed E-state index contributed by atoms with van der Waals surface area (Å²) in [6.07, 6.45) is 12.3. The molecule has 6 heteroatoms. The molecule has 10 atom stereocenters. The number of ether oxygens (including phenoxy) is 2. The average Bonchev–Trinajstić information content (AvgIpc) is 3.42. The molecule has 0 aromatic carbocycles. The van der Waals surface area contributed by atoms with Crippen LogP contribution in [0.5, 0.6) is 0 Å². The Balaban J connectivity index is 1.20. The molecule has 2 N–H and O–H groups in total. The van der Waals surface area contributed by atoms with Crippen molar-refractivity contribution >= 4 is 5.97 Å². The molecule has 232 valence electrons. The minimum absolute atomic E-state index is 0.0348. The van der Waals surface area contributed by atoms with E-state index in [1.807, 2.05) is 6.07 Å². The lowest BCUT2D eigenvalue weighted by Crippen LogP contribution is -2.66. The highest BCUT2D eigenvalue weighted by Gasteiger charge is 2.70. The van der Waals surface area contributed by atoms with Crippen LogP contribution in [0, 0.1) is 50.2 Å². The summed E-state index contributed by atoms with van der Waals surface area (Å²) in [5, 5.41) is 20.1. The summed E-state index contributed by atoms with van der Waals surface area (Å²) >= 11 is 0. The van der Waals surface area contributed by atoms with Crippen LogP contribution in [0.3, 0.4) is 0 Å². The van der Waals surface area contributed by atoms with E-state index in [4.69, 9.17) is 13.9 Å². The quantitative estimate of drug-likeness (QED) is 0.352. The van der Waals surface area contributed by atoms with Gasteiger partial charge in [0.1, 0.15) is 12.4 Å². The summed E-state index contributed by atoms with van der Waals surface area (Å²) in [7, 11) is 0. The first-order valence-corrected chi connectivity index (χ1v) is 16.6. The minimum atomic E-state index is -0.587. The molecular formula is C36H52O6. The van der Waals surface area contributed by atoms with Gasteiger partial charge in [0.15, 0.2) is 5.76 Å². The molecule has 0 amide bonds. The number of allylic oxidation sites excluding steroid dienone is 2. The molecule has 6 nitrogen and oxygen atoms in total. The summed E-state index contributed by atoms with van der Waals surface area (Å²) in [5.41, 5.74) is 1.38. The van der Waals surface area contributed by atoms with Gasteiger partial charge in [-0.15, -0.1) is 0 Å². The van der Waals surface area contributed by atoms with Crippen LogP contribution in [-0.4, -0.2) is 28.9 Å². The molecule has 1 saturated heterocycles. The maximum Gasteiger partial charge on any atom is 0.310 e. The van der Waals surface area contributed by atoms with Crippen molar-refractivity contribution in [2.24, 2.45) is 50.2 Å². The molecule has 6 aliphatic rings. The monoisotopic (exact) mass is 580 g/mol. The summed E-state index contributed by atoms with van der Waals surface area (Å²) in [5.74, 6) is 1.83. The zero-order valence-electron chi connectivity index (χ0n) is 26.6. The van der Waals surface area contributed by atoms with Crippen LogP contribution >= 0.6 is 0 Å². The van der Waals surface area contributed by atoms with Gasteiger partial charge in [-0.3, -0.25) is 4.79 Å². The fourth-order valence-corrected chi connectivity index (χ4v) is 12.0. The maximum absolute atomic E-state index is 12.9. The van der Waals surface area contributed by atoms with Crippen molar-refractivity contribution in [3.8, 4) is 0 Å². The predicted octanol–water partition coefficient (Wildman–Crippen LogP) is 8.05. The highest BCUT2D eigenvalue weighted by atomic mass is 16.7. The second-order valence-corrected chi connectivity index (χ2v) is 17.0. The molecule has 42 heavy (non-hydrogen) atoms. The summed E-state index contributed by atoms with van der Waals surface area (Å²) in [6.45, 7) is 15.3. The van der Waals surface area contributed by atoms with Crippen molar-refractivity contribution in [1.82, 2.24) is 0 Å². The maximum atomic E-state index is 12.9. The topological polar surface area (TPSA) is 89.1 Å². The molecule has 5 aliphatic carbocycles. The van der Waals surface area contributed by atoms with Crippen LogP contribution in [0.15, 0.2) is 28.2 Å². The number of hydrogen-bond donors (Lipinski definition) is 2. The van der Waals surface area contributed by atoms with Crippen LogP contribution in [0.2, 0.25) is 0 Å². The number of fused-ring (bicyclic) bond motifs is 9. The largest absolute Gasteiger partial charge is 0.481 e. The van der Waals surface area contributed by atoms with E-state index in [2.05, 4.69) is 47.6 Å². The number of furan rings is 1. The number of carbonyl (C=O) groups is 1. The zero-order chi connectivity index (χ0) is 29.9. The highest BCUT2D eigenvalue weighted by Crippen LogP contribution is 2.76. The molecule has 0 spiro atoms. The predicted molar refractivity (Wildman–Crippen MR) is 159 cm³/mol. The lowest BCUT2D eigenvalue weighted by atomic mass is 9.33. The average molecular weight is 581 g/mol. The van der Waals surface area contributed by atoms with Crippen molar-refractivity contribution in [3.05, 3.63) is 35.3 Å². The van der Waals surface area contributed by atoms with Crippen LogP contribution in [0.1, 0.15) is 124 Å². The normalized spacial score (nSPS) is 49.4. The van der Waals surface area contributed by atoms with Gasteiger partial charge < -0.3 is 24.1 Å². The van der Waals surface area contributed by atoms with Crippen LogP contribution < -0.4 is 0 Å². The van der Waals surface area contributed by atoms with Gasteiger partial charge in [-0.2, -0.15) is 0 Å². The van der Waals surface area contributed by atoms with Crippen molar-refractivity contribution in [3.63, 3.8) is 0 Å². The third-order valence-electron chi connectivity index (χ3n) is 14.7. The highest BCUT2D eigenvalue weighted by molar-refractivity contribution is 5.76. The first-order valence-electron chi connectivity index (χ1n) is 16.6. The van der Waals surface area contributed by atoms with E-state index in [0.29, 0.717) is 30.0 Å². The summed E-state index contributed by atoms with van der Waals surface area (Å²) < 4.78 is 18.8. The SMILES string of the molecule is CC1(C)CC[C@]2(C(=O)O)CC[C@]3(C)C(=CC[C@@H]4[C@@]5(C)CC[C@@H]6O[C@H](c7ccc(CO)o7)OC[C@@]6(C)[C@@H]5CC[C@]43C)[C@@H]2C1. The number of aliphatic hydroxyl groups excluding tert-OH is 1. The molecule has 5 fully saturated rings. The molecule has 1 aromatic rings. The van der Waals surface area contributed by atoms with Crippen molar-refractivity contribution in [2.75, 3.05) is 6.61 Å². The molecule has 0 radical (unpaired) electrons. The molecule has 2 heterocycles. The second kappa shape index (κ2) is 9.20. The van der Waals surface area contributed by atoms with E-state index in [1.54, 1.807) is 6.07 Å². The fraction of sp³-hybridized carbons (Fsp3) is 0.806. The van der Waals surface area contributed by atoms with Gasteiger partial charge in [-0.1, -0.05) is 53.2 Å². The van der Waals surface area contributed by atoms with Gasteiger partial charge in [0, 0.05) is 5.41 Å². The third-order valence-corrected chi connectivity index (χ3v) is 14.7. The van der Waals surface area contributed by atoms with Crippen LogP contribution in [-0.2, 0) is 20.9 Å². The minimum Gasteiger partial charge on any atom is -0.481 e. The van der Waals surface area contributed by atoms with Gasteiger partial charge in [-0.25, -0.2) is 0 Å². The Morgan fingerprint density at radius 1 is 0.929 bits per heavy atom. The van der Waals surface area contributed by atoms with Crippen molar-refractivity contribution in [2.45, 2.75) is 125 Å². The van der Waals surface area contributed by atoms with Gasteiger partial charge in [0.25, 0.3) is 0 Å².